The third-order valence-corrected chi connectivity index (χ3v) is 1.32. The lowest BCUT2D eigenvalue weighted by atomic mass is 10.2. The Bertz CT molecular complexity index is 113. The normalized spacial score (nSPS) is 12.6. The molecule has 0 aromatic rings. The molecule has 1 atom stereocenters. The lowest BCUT2D eigenvalue weighted by molar-refractivity contribution is -0.128. The number of hydrogen-bond acceptors (Lipinski definition) is 2. The fourth-order valence-corrected chi connectivity index (χ4v) is 0.649. The van der Waals surface area contributed by atoms with Crippen LogP contribution in [0.1, 0.15) is 26.7 Å². The molecule has 0 aliphatic heterocycles. The molecule has 0 fully saturated rings. The molecular formula is C8H16NO2. The van der Waals surface area contributed by atoms with Crippen LogP contribution < -0.4 is 5.32 Å². The number of nitrogens with one attached hydrogen (secondary N) is 1. The fourth-order valence-electron chi connectivity index (χ4n) is 0.649. The molecule has 0 saturated heterocycles. The van der Waals surface area contributed by atoms with E-state index in [0.717, 1.165) is 12.8 Å². The van der Waals surface area contributed by atoms with E-state index in [1.165, 1.54) is 6.92 Å². The van der Waals surface area contributed by atoms with Gasteiger partial charge in [-0.3, -0.25) is 4.79 Å². The van der Waals surface area contributed by atoms with Crippen molar-refractivity contribution in [1.82, 2.24) is 5.32 Å². The maximum Gasteiger partial charge on any atom is 0.248 e. The monoisotopic (exact) mass is 158 g/mol. The van der Waals surface area contributed by atoms with Crippen LogP contribution in [0.2, 0.25) is 0 Å². The van der Waals surface area contributed by atoms with Gasteiger partial charge in [0, 0.05) is 6.54 Å². The summed E-state index contributed by atoms with van der Waals surface area (Å²) >= 11 is 0. The standard InChI is InChI=1S/C8H16NO2/c1-3-4-5-6-9-8(11)7(2)10/h4,7,10H,3,5-6H2,1-2H3,(H,9,11). The van der Waals surface area contributed by atoms with Crippen molar-refractivity contribution in [2.45, 2.75) is 32.8 Å². The molecule has 3 heteroatoms. The second-order valence-electron chi connectivity index (χ2n) is 2.45. The van der Waals surface area contributed by atoms with Crippen molar-refractivity contribution in [1.29, 1.82) is 0 Å². The largest absolute Gasteiger partial charge is 0.384 e. The first-order valence-electron chi connectivity index (χ1n) is 3.96. The Morgan fingerprint density at radius 2 is 2.36 bits per heavy atom. The Morgan fingerprint density at radius 1 is 1.73 bits per heavy atom. The number of hydrogen-bond donors (Lipinski definition) is 2. The molecule has 65 valence electrons. The van der Waals surface area contributed by atoms with E-state index in [1.54, 1.807) is 0 Å². The first kappa shape index (κ1) is 10.4. The molecule has 1 unspecified atom stereocenters. The van der Waals surface area contributed by atoms with E-state index in [9.17, 15) is 4.79 Å². The van der Waals surface area contributed by atoms with Crippen molar-refractivity contribution < 1.29 is 9.90 Å². The lowest BCUT2D eigenvalue weighted by Crippen LogP contribution is -2.33. The summed E-state index contributed by atoms with van der Waals surface area (Å²) in [5.41, 5.74) is 0. The Kier molecular flexibility index (Phi) is 5.84. The number of amides is 1. The Labute approximate surface area is 67.8 Å². The summed E-state index contributed by atoms with van der Waals surface area (Å²) in [5.74, 6) is -0.297. The van der Waals surface area contributed by atoms with Crippen LogP contribution in [0, 0.1) is 6.42 Å². The maximum absolute atomic E-state index is 10.7. The average molecular weight is 158 g/mol. The molecule has 3 nitrogen and oxygen atoms in total. The van der Waals surface area contributed by atoms with Gasteiger partial charge in [0.05, 0.1) is 0 Å². The van der Waals surface area contributed by atoms with Crippen molar-refractivity contribution in [3.05, 3.63) is 6.42 Å². The molecular weight excluding hydrogens is 142 g/mol. The Balaban J connectivity index is 3.18. The van der Waals surface area contributed by atoms with E-state index >= 15 is 0 Å². The van der Waals surface area contributed by atoms with Crippen LogP contribution in [-0.2, 0) is 4.79 Å². The van der Waals surface area contributed by atoms with E-state index in [4.69, 9.17) is 5.11 Å². The molecule has 11 heavy (non-hydrogen) atoms. The minimum absolute atomic E-state index is 0.297. The highest BCUT2D eigenvalue weighted by molar-refractivity contribution is 5.79. The predicted octanol–water partition coefficient (Wildman–Crippen LogP) is 0.488. The van der Waals surface area contributed by atoms with Gasteiger partial charge in [-0.1, -0.05) is 13.3 Å². The molecule has 1 amide bonds. The molecule has 1 radical (unpaired) electrons. The van der Waals surface area contributed by atoms with Crippen molar-refractivity contribution in [3.63, 3.8) is 0 Å². The number of carbonyl (C=O) groups excluding carboxylic acids is 1. The van der Waals surface area contributed by atoms with Gasteiger partial charge in [0.15, 0.2) is 0 Å². The minimum Gasteiger partial charge on any atom is -0.384 e. The van der Waals surface area contributed by atoms with Gasteiger partial charge in [-0.05, 0) is 19.8 Å². The van der Waals surface area contributed by atoms with Crippen molar-refractivity contribution in [2.75, 3.05) is 6.54 Å². The Morgan fingerprint density at radius 3 is 2.82 bits per heavy atom. The molecule has 0 aromatic carbocycles. The van der Waals surface area contributed by atoms with Gasteiger partial charge in [-0.2, -0.15) is 0 Å². The van der Waals surface area contributed by atoms with Gasteiger partial charge < -0.3 is 10.4 Å². The number of unbranched alkanes of at least 4 members (excludes halogenated alkanes) is 2. The van der Waals surface area contributed by atoms with E-state index in [-0.39, 0.29) is 5.91 Å². The zero-order valence-electron chi connectivity index (χ0n) is 7.13. The van der Waals surface area contributed by atoms with Crippen molar-refractivity contribution >= 4 is 5.91 Å². The number of rotatable bonds is 5. The van der Waals surface area contributed by atoms with Crippen LogP contribution in [0.4, 0.5) is 0 Å². The molecule has 0 spiro atoms. The SMILES string of the molecule is CC[CH]CCNC(=O)C(C)O. The molecule has 0 aromatic heterocycles. The van der Waals surface area contributed by atoms with E-state index in [0.29, 0.717) is 6.54 Å². The molecule has 0 heterocycles. The third kappa shape index (κ3) is 5.85. The molecule has 0 saturated carbocycles. The van der Waals surface area contributed by atoms with E-state index < -0.39 is 6.10 Å². The summed E-state index contributed by atoms with van der Waals surface area (Å²) in [6, 6.07) is 0. The number of aliphatic hydroxyl groups excluding tert-OH is 1. The van der Waals surface area contributed by atoms with Gasteiger partial charge in [-0.25, -0.2) is 0 Å². The summed E-state index contributed by atoms with van der Waals surface area (Å²) in [7, 11) is 0. The predicted molar refractivity (Wildman–Crippen MR) is 43.9 cm³/mol. The summed E-state index contributed by atoms with van der Waals surface area (Å²) < 4.78 is 0. The first-order chi connectivity index (χ1) is 5.18. The van der Waals surface area contributed by atoms with Crippen LogP contribution in [0.5, 0.6) is 0 Å². The van der Waals surface area contributed by atoms with Crippen LogP contribution in [-0.4, -0.2) is 23.7 Å². The third-order valence-electron chi connectivity index (χ3n) is 1.32. The Hall–Kier alpha value is -0.570. The summed E-state index contributed by atoms with van der Waals surface area (Å²) in [5, 5.41) is 11.4. The van der Waals surface area contributed by atoms with Crippen LogP contribution in [0.25, 0.3) is 0 Å². The molecule has 0 aliphatic rings. The van der Waals surface area contributed by atoms with Crippen molar-refractivity contribution in [3.8, 4) is 0 Å². The summed E-state index contributed by atoms with van der Waals surface area (Å²) in [4.78, 5) is 10.7. The van der Waals surface area contributed by atoms with Crippen LogP contribution in [0.3, 0.4) is 0 Å². The second kappa shape index (κ2) is 6.16. The first-order valence-corrected chi connectivity index (χ1v) is 3.96. The van der Waals surface area contributed by atoms with Crippen molar-refractivity contribution in [2.24, 2.45) is 0 Å². The fraction of sp³-hybridized carbons (Fsp3) is 0.750. The topological polar surface area (TPSA) is 49.3 Å². The van der Waals surface area contributed by atoms with Gasteiger partial charge in [-0.15, -0.1) is 0 Å². The van der Waals surface area contributed by atoms with Crippen LogP contribution >= 0.6 is 0 Å². The van der Waals surface area contributed by atoms with Gasteiger partial charge >= 0.3 is 0 Å². The number of carbonyl (C=O) groups is 1. The molecule has 0 rings (SSSR count). The second-order valence-corrected chi connectivity index (χ2v) is 2.45. The lowest BCUT2D eigenvalue weighted by Gasteiger charge is -2.05. The smallest absolute Gasteiger partial charge is 0.248 e. The zero-order valence-corrected chi connectivity index (χ0v) is 7.13. The molecule has 0 aliphatic carbocycles. The highest BCUT2D eigenvalue weighted by atomic mass is 16.3. The average Bonchev–Trinajstić information content (AvgIpc) is 1.97. The number of aliphatic hydroxyl groups is 1. The highest BCUT2D eigenvalue weighted by Crippen LogP contribution is 1.89. The van der Waals surface area contributed by atoms with Gasteiger partial charge in [0.2, 0.25) is 5.91 Å². The molecule has 2 N–H and O–H groups in total. The van der Waals surface area contributed by atoms with E-state index in [1.807, 2.05) is 0 Å². The van der Waals surface area contributed by atoms with Gasteiger partial charge in [0.25, 0.3) is 0 Å². The van der Waals surface area contributed by atoms with Gasteiger partial charge in [0.1, 0.15) is 6.10 Å². The summed E-state index contributed by atoms with van der Waals surface area (Å²) in [6.45, 7) is 4.13. The molecule has 0 bridgehead atoms. The zero-order chi connectivity index (χ0) is 8.69. The highest BCUT2D eigenvalue weighted by Gasteiger charge is 2.05. The maximum atomic E-state index is 10.7. The van der Waals surface area contributed by atoms with Crippen LogP contribution in [0.15, 0.2) is 0 Å². The quantitative estimate of drug-likeness (QED) is 0.572. The minimum atomic E-state index is -0.892. The van der Waals surface area contributed by atoms with E-state index in [2.05, 4.69) is 18.7 Å². The summed E-state index contributed by atoms with van der Waals surface area (Å²) in [6.07, 6.45) is 3.08.